The summed E-state index contributed by atoms with van der Waals surface area (Å²) in [7, 11) is 0. The molecule has 2 aromatic heterocycles. The Balaban J connectivity index is 1.98. The summed E-state index contributed by atoms with van der Waals surface area (Å²) in [4.78, 5) is 23.5. The number of carbonyl (C=O) groups is 1. The maximum absolute atomic E-state index is 11.4. The second-order valence-electron chi connectivity index (χ2n) is 5.79. The Hall–Kier alpha value is -2.47. The molecular formula is C17H15N3O2S. The zero-order valence-corrected chi connectivity index (χ0v) is 13.6. The minimum absolute atomic E-state index is 0.276. The molecule has 0 aliphatic carbocycles. The third kappa shape index (κ3) is 2.02. The predicted molar refractivity (Wildman–Crippen MR) is 90.9 cm³/mol. The van der Waals surface area contributed by atoms with E-state index >= 15 is 0 Å². The van der Waals surface area contributed by atoms with Gasteiger partial charge in [0.05, 0.1) is 5.39 Å². The molecule has 1 aromatic carbocycles. The molecule has 3 aromatic rings. The van der Waals surface area contributed by atoms with Crippen molar-refractivity contribution in [1.82, 2.24) is 9.97 Å². The molecule has 0 radical (unpaired) electrons. The molecule has 0 saturated carbocycles. The summed E-state index contributed by atoms with van der Waals surface area (Å²) < 4.78 is 0. The normalized spacial score (nSPS) is 16.8. The first-order valence-corrected chi connectivity index (χ1v) is 8.24. The lowest BCUT2D eigenvalue weighted by Crippen LogP contribution is -2.25. The largest absolute Gasteiger partial charge is 0.477 e. The van der Waals surface area contributed by atoms with Crippen molar-refractivity contribution in [2.45, 2.75) is 26.3 Å². The highest BCUT2D eigenvalue weighted by Gasteiger charge is 2.30. The first-order chi connectivity index (χ1) is 11.1. The van der Waals surface area contributed by atoms with Gasteiger partial charge in [0, 0.05) is 11.7 Å². The van der Waals surface area contributed by atoms with Gasteiger partial charge in [0.2, 0.25) is 0 Å². The zero-order valence-electron chi connectivity index (χ0n) is 12.8. The van der Waals surface area contributed by atoms with E-state index in [1.807, 2.05) is 19.1 Å². The summed E-state index contributed by atoms with van der Waals surface area (Å²) in [5, 5.41) is 10.2. The van der Waals surface area contributed by atoms with E-state index in [-0.39, 0.29) is 6.04 Å². The first-order valence-electron chi connectivity index (χ1n) is 7.42. The van der Waals surface area contributed by atoms with Crippen LogP contribution in [0.15, 0.2) is 30.6 Å². The van der Waals surface area contributed by atoms with Crippen LogP contribution in [0, 0.1) is 6.92 Å². The molecule has 4 rings (SSSR count). The van der Waals surface area contributed by atoms with Gasteiger partial charge in [-0.25, -0.2) is 14.8 Å². The van der Waals surface area contributed by atoms with Gasteiger partial charge in [-0.3, -0.25) is 0 Å². The molecular weight excluding hydrogens is 310 g/mol. The van der Waals surface area contributed by atoms with Crippen LogP contribution in [0.25, 0.3) is 10.2 Å². The van der Waals surface area contributed by atoms with E-state index in [1.54, 1.807) is 0 Å². The van der Waals surface area contributed by atoms with Gasteiger partial charge in [0.15, 0.2) is 0 Å². The lowest BCUT2D eigenvalue weighted by atomic mass is 10.1. The van der Waals surface area contributed by atoms with Crippen molar-refractivity contribution >= 4 is 39.0 Å². The molecule has 1 aliphatic rings. The number of benzene rings is 1. The average Bonchev–Trinajstić information content (AvgIpc) is 3.04. The number of aromatic nitrogens is 2. The van der Waals surface area contributed by atoms with Crippen LogP contribution >= 0.6 is 11.3 Å². The summed E-state index contributed by atoms with van der Waals surface area (Å²) in [6.07, 6.45) is 2.48. The molecule has 0 amide bonds. The monoisotopic (exact) mass is 325 g/mol. The number of aromatic carboxylic acids is 1. The summed E-state index contributed by atoms with van der Waals surface area (Å²) in [5.74, 6) is -0.111. The van der Waals surface area contributed by atoms with Gasteiger partial charge < -0.3 is 10.0 Å². The minimum atomic E-state index is -0.911. The smallest absolute Gasteiger partial charge is 0.346 e. The SMILES string of the molecule is Cc1c(C(=O)O)sc2ncnc(N3c4ccccc4CC3C)c12. The van der Waals surface area contributed by atoms with E-state index in [2.05, 4.69) is 33.9 Å². The van der Waals surface area contributed by atoms with Crippen molar-refractivity contribution in [3.05, 3.63) is 46.6 Å². The van der Waals surface area contributed by atoms with Gasteiger partial charge >= 0.3 is 5.97 Å². The summed E-state index contributed by atoms with van der Waals surface area (Å²) in [5.41, 5.74) is 3.17. The molecule has 1 N–H and O–H groups in total. The molecule has 0 bridgehead atoms. The number of rotatable bonds is 2. The maximum atomic E-state index is 11.4. The van der Waals surface area contributed by atoms with Crippen molar-refractivity contribution in [3.8, 4) is 0 Å². The van der Waals surface area contributed by atoms with E-state index < -0.39 is 5.97 Å². The Bertz CT molecular complexity index is 935. The van der Waals surface area contributed by atoms with Gasteiger partial charge in [-0.05, 0) is 37.5 Å². The highest BCUT2D eigenvalue weighted by Crippen LogP contribution is 2.42. The van der Waals surface area contributed by atoms with Crippen molar-refractivity contribution in [1.29, 1.82) is 0 Å². The fraction of sp³-hybridized carbons (Fsp3) is 0.235. The van der Waals surface area contributed by atoms with Gasteiger partial charge in [0.25, 0.3) is 0 Å². The average molecular weight is 325 g/mol. The number of fused-ring (bicyclic) bond motifs is 2. The van der Waals surface area contributed by atoms with E-state index in [9.17, 15) is 9.90 Å². The van der Waals surface area contributed by atoms with Crippen molar-refractivity contribution in [3.63, 3.8) is 0 Å². The van der Waals surface area contributed by atoms with E-state index in [0.717, 1.165) is 33.7 Å². The predicted octanol–water partition coefficient (Wildman–Crippen LogP) is 3.78. The lowest BCUT2D eigenvalue weighted by Gasteiger charge is -2.24. The Labute approximate surface area is 137 Å². The fourth-order valence-electron chi connectivity index (χ4n) is 3.33. The maximum Gasteiger partial charge on any atom is 0.346 e. The summed E-state index contributed by atoms with van der Waals surface area (Å²) >= 11 is 1.21. The van der Waals surface area contributed by atoms with Gasteiger partial charge in [-0.1, -0.05) is 18.2 Å². The van der Waals surface area contributed by atoms with E-state index in [4.69, 9.17) is 0 Å². The van der Waals surface area contributed by atoms with Crippen molar-refractivity contribution in [2.75, 3.05) is 4.90 Å². The number of hydrogen-bond donors (Lipinski definition) is 1. The highest BCUT2D eigenvalue weighted by molar-refractivity contribution is 7.20. The van der Waals surface area contributed by atoms with Gasteiger partial charge in [0.1, 0.15) is 21.9 Å². The molecule has 116 valence electrons. The van der Waals surface area contributed by atoms with Crippen molar-refractivity contribution in [2.24, 2.45) is 0 Å². The molecule has 5 nitrogen and oxygen atoms in total. The van der Waals surface area contributed by atoms with Crippen LogP contribution < -0.4 is 4.90 Å². The summed E-state index contributed by atoms with van der Waals surface area (Å²) in [6, 6.07) is 8.56. The quantitative estimate of drug-likeness (QED) is 0.776. The molecule has 0 spiro atoms. The number of hydrogen-bond acceptors (Lipinski definition) is 5. The van der Waals surface area contributed by atoms with Crippen LogP contribution in [0.4, 0.5) is 11.5 Å². The van der Waals surface area contributed by atoms with Crippen LogP contribution in [-0.2, 0) is 6.42 Å². The Morgan fingerprint density at radius 1 is 1.35 bits per heavy atom. The second kappa shape index (κ2) is 5.03. The lowest BCUT2D eigenvalue weighted by molar-refractivity contribution is 0.0701. The Kier molecular flexibility index (Phi) is 3.09. The number of nitrogens with zero attached hydrogens (tertiary/aromatic N) is 3. The molecule has 0 saturated heterocycles. The molecule has 23 heavy (non-hydrogen) atoms. The van der Waals surface area contributed by atoms with Crippen LogP contribution in [0.1, 0.15) is 27.7 Å². The standard InChI is InChI=1S/C17H15N3O2S/c1-9-7-11-5-3-4-6-12(11)20(9)15-13-10(2)14(17(21)22)23-16(13)19-8-18-15/h3-6,8-9H,7H2,1-2H3,(H,21,22). The number of carboxylic acids is 1. The van der Waals surface area contributed by atoms with Crippen molar-refractivity contribution < 1.29 is 9.90 Å². The first kappa shape index (κ1) is 14.1. The number of carboxylic acid groups (broad SMARTS) is 1. The second-order valence-corrected chi connectivity index (χ2v) is 6.79. The molecule has 3 heterocycles. The number of aryl methyl sites for hydroxylation is 1. The summed E-state index contributed by atoms with van der Waals surface area (Å²) in [6.45, 7) is 4.00. The third-order valence-electron chi connectivity index (χ3n) is 4.34. The van der Waals surface area contributed by atoms with Crippen LogP contribution in [0.3, 0.4) is 0 Å². The van der Waals surface area contributed by atoms with Crippen LogP contribution in [0.5, 0.6) is 0 Å². The Morgan fingerprint density at radius 2 is 2.13 bits per heavy atom. The van der Waals surface area contributed by atoms with E-state index in [0.29, 0.717) is 4.88 Å². The molecule has 1 atom stereocenters. The molecule has 0 fully saturated rings. The molecule has 1 unspecified atom stereocenters. The highest BCUT2D eigenvalue weighted by atomic mass is 32.1. The topological polar surface area (TPSA) is 66.3 Å². The van der Waals surface area contributed by atoms with Crippen LogP contribution in [-0.4, -0.2) is 27.1 Å². The molecule has 6 heteroatoms. The van der Waals surface area contributed by atoms with Gasteiger partial charge in [-0.15, -0.1) is 11.3 Å². The fourth-order valence-corrected chi connectivity index (χ4v) is 4.31. The van der Waals surface area contributed by atoms with Gasteiger partial charge in [-0.2, -0.15) is 0 Å². The molecule has 1 aliphatic heterocycles. The minimum Gasteiger partial charge on any atom is -0.477 e. The number of anilines is 2. The number of para-hydroxylation sites is 1. The van der Waals surface area contributed by atoms with E-state index in [1.165, 1.54) is 23.2 Å². The Morgan fingerprint density at radius 3 is 2.91 bits per heavy atom. The zero-order chi connectivity index (χ0) is 16.1. The van der Waals surface area contributed by atoms with Crippen LogP contribution in [0.2, 0.25) is 0 Å². The number of thiophene rings is 1. The third-order valence-corrected chi connectivity index (χ3v) is 5.52.